The number of ether oxygens (including phenoxy) is 1. The first kappa shape index (κ1) is 16.2. The first-order valence-corrected chi connectivity index (χ1v) is 8.55. The average Bonchev–Trinajstić information content (AvgIpc) is 2.48. The van der Waals surface area contributed by atoms with E-state index >= 15 is 0 Å². The second-order valence-corrected chi connectivity index (χ2v) is 7.07. The molecule has 6 nitrogen and oxygen atoms in total. The van der Waals surface area contributed by atoms with Crippen LogP contribution in [0.4, 0.5) is 0 Å². The van der Waals surface area contributed by atoms with Crippen LogP contribution in [0.5, 0.6) is 0 Å². The summed E-state index contributed by atoms with van der Waals surface area (Å²) >= 11 is 5.66. The Kier molecular flexibility index (Phi) is 5.18. The third-order valence-corrected chi connectivity index (χ3v) is 5.52. The minimum atomic E-state index is -3.58. The van der Waals surface area contributed by atoms with Gasteiger partial charge < -0.3 is 4.74 Å². The predicted molar refractivity (Wildman–Crippen MR) is 77.4 cm³/mol. The van der Waals surface area contributed by atoms with E-state index in [9.17, 15) is 13.2 Å². The van der Waals surface area contributed by atoms with E-state index in [2.05, 4.69) is 4.98 Å². The summed E-state index contributed by atoms with van der Waals surface area (Å²) < 4.78 is 31.2. The van der Waals surface area contributed by atoms with Gasteiger partial charge in [0.05, 0.1) is 12.5 Å². The second kappa shape index (κ2) is 6.72. The van der Waals surface area contributed by atoms with Crippen LogP contribution in [0.15, 0.2) is 23.2 Å². The summed E-state index contributed by atoms with van der Waals surface area (Å²) in [5.41, 5.74) is 0. The van der Waals surface area contributed by atoms with Crippen LogP contribution >= 0.6 is 11.6 Å². The molecule has 1 fully saturated rings. The van der Waals surface area contributed by atoms with Crippen molar-refractivity contribution in [3.8, 4) is 0 Å². The molecule has 0 spiro atoms. The number of halogens is 1. The molecule has 116 valence electrons. The van der Waals surface area contributed by atoms with Crippen LogP contribution in [0.1, 0.15) is 19.8 Å². The molecule has 1 aliphatic rings. The molecule has 2 heterocycles. The Morgan fingerprint density at radius 2 is 2.10 bits per heavy atom. The lowest BCUT2D eigenvalue weighted by Crippen LogP contribution is -2.40. The minimum Gasteiger partial charge on any atom is -0.466 e. The molecule has 8 heteroatoms. The monoisotopic (exact) mass is 332 g/mol. The molecule has 1 aromatic heterocycles. The van der Waals surface area contributed by atoms with Crippen molar-refractivity contribution in [2.45, 2.75) is 24.7 Å². The molecule has 0 radical (unpaired) electrons. The summed E-state index contributed by atoms with van der Waals surface area (Å²) in [5, 5.41) is 0.245. The lowest BCUT2D eigenvalue weighted by atomic mass is 9.98. The third-order valence-electron chi connectivity index (χ3n) is 3.41. The molecule has 0 aliphatic carbocycles. The van der Waals surface area contributed by atoms with Gasteiger partial charge in [0.1, 0.15) is 10.0 Å². The Labute approximate surface area is 129 Å². The number of rotatable bonds is 4. The van der Waals surface area contributed by atoms with E-state index < -0.39 is 10.0 Å². The van der Waals surface area contributed by atoms with Crippen LogP contribution in [0.25, 0.3) is 0 Å². The fourth-order valence-corrected chi connectivity index (χ4v) is 3.78. The van der Waals surface area contributed by atoms with E-state index in [1.165, 1.54) is 22.6 Å². The van der Waals surface area contributed by atoms with Gasteiger partial charge in [-0.25, -0.2) is 13.4 Å². The molecule has 2 rings (SSSR count). The van der Waals surface area contributed by atoms with Crippen LogP contribution in [-0.4, -0.2) is 43.4 Å². The molecular weight excluding hydrogens is 316 g/mol. The molecule has 0 amide bonds. The molecule has 1 aromatic rings. The van der Waals surface area contributed by atoms with E-state index in [1.807, 2.05) is 0 Å². The smallest absolute Gasteiger partial charge is 0.309 e. The molecule has 21 heavy (non-hydrogen) atoms. The van der Waals surface area contributed by atoms with Gasteiger partial charge in [0.2, 0.25) is 10.0 Å². The summed E-state index contributed by atoms with van der Waals surface area (Å²) in [7, 11) is -3.58. The van der Waals surface area contributed by atoms with Gasteiger partial charge in [-0.2, -0.15) is 4.31 Å². The predicted octanol–water partition coefficient (Wildman–Crippen LogP) is 1.70. The van der Waals surface area contributed by atoms with E-state index in [0.717, 1.165) is 0 Å². The van der Waals surface area contributed by atoms with Crippen molar-refractivity contribution in [3.05, 3.63) is 23.5 Å². The molecule has 1 aliphatic heterocycles. The maximum Gasteiger partial charge on any atom is 0.309 e. The van der Waals surface area contributed by atoms with Crippen LogP contribution in [0, 0.1) is 5.92 Å². The topological polar surface area (TPSA) is 76.6 Å². The fourth-order valence-electron chi connectivity index (χ4n) is 2.26. The summed E-state index contributed by atoms with van der Waals surface area (Å²) in [6.07, 6.45) is 2.19. The fraction of sp³-hybridized carbons (Fsp3) is 0.538. The number of hydrogen-bond acceptors (Lipinski definition) is 5. The lowest BCUT2D eigenvalue weighted by molar-refractivity contribution is -0.149. The number of carbonyl (C=O) groups is 1. The highest BCUT2D eigenvalue weighted by atomic mass is 35.5. The molecule has 0 unspecified atom stereocenters. The van der Waals surface area contributed by atoms with Gasteiger partial charge in [-0.3, -0.25) is 4.79 Å². The first-order valence-electron chi connectivity index (χ1n) is 6.73. The third kappa shape index (κ3) is 3.72. The maximum absolute atomic E-state index is 12.4. The van der Waals surface area contributed by atoms with Crippen molar-refractivity contribution >= 4 is 27.6 Å². The Bertz CT molecular complexity index is 595. The quantitative estimate of drug-likeness (QED) is 0.619. The summed E-state index contributed by atoms with van der Waals surface area (Å²) in [6, 6.07) is 2.88. The lowest BCUT2D eigenvalue weighted by Gasteiger charge is -2.29. The SMILES string of the molecule is CCOC(=O)C1CCN(S(=O)(=O)c2ccc(Cl)nc2)CC1. The van der Waals surface area contributed by atoms with Gasteiger partial charge >= 0.3 is 5.97 Å². The van der Waals surface area contributed by atoms with Crippen LogP contribution in [0.3, 0.4) is 0 Å². The van der Waals surface area contributed by atoms with Crippen LogP contribution in [0.2, 0.25) is 5.15 Å². The Morgan fingerprint density at radius 1 is 1.43 bits per heavy atom. The molecule has 0 aromatic carbocycles. The number of nitrogens with zero attached hydrogens (tertiary/aromatic N) is 2. The Hall–Kier alpha value is -1.18. The maximum atomic E-state index is 12.4. The zero-order valence-corrected chi connectivity index (χ0v) is 13.2. The number of aromatic nitrogens is 1. The summed E-state index contributed by atoms with van der Waals surface area (Å²) in [5.74, 6) is -0.470. The highest BCUT2D eigenvalue weighted by Crippen LogP contribution is 2.24. The van der Waals surface area contributed by atoms with Crippen LogP contribution in [-0.2, 0) is 19.6 Å². The van der Waals surface area contributed by atoms with Crippen LogP contribution < -0.4 is 0 Å². The van der Waals surface area contributed by atoms with Crippen molar-refractivity contribution in [1.29, 1.82) is 0 Å². The first-order chi connectivity index (χ1) is 9.95. The highest BCUT2D eigenvalue weighted by molar-refractivity contribution is 7.89. The molecule has 0 N–H and O–H groups in total. The van der Waals surface area contributed by atoms with Gasteiger partial charge in [-0.1, -0.05) is 11.6 Å². The zero-order valence-electron chi connectivity index (χ0n) is 11.7. The number of esters is 1. The molecule has 1 saturated heterocycles. The Balaban J connectivity index is 2.04. The molecule has 0 bridgehead atoms. The normalized spacial score (nSPS) is 17.6. The van der Waals surface area contributed by atoms with Gasteiger partial charge in [0.15, 0.2) is 0 Å². The molecular formula is C13H17ClN2O4S. The average molecular weight is 333 g/mol. The van der Waals surface area contributed by atoms with E-state index in [1.54, 1.807) is 6.92 Å². The standard InChI is InChI=1S/C13H17ClN2O4S/c1-2-20-13(17)10-5-7-16(8-6-10)21(18,19)11-3-4-12(14)15-9-11/h3-4,9-10H,2,5-8H2,1H3. The largest absolute Gasteiger partial charge is 0.466 e. The van der Waals surface area contributed by atoms with E-state index in [0.29, 0.717) is 32.5 Å². The second-order valence-electron chi connectivity index (χ2n) is 4.75. The summed E-state index contributed by atoms with van der Waals surface area (Å²) in [4.78, 5) is 15.6. The van der Waals surface area contributed by atoms with Gasteiger partial charge in [0.25, 0.3) is 0 Å². The van der Waals surface area contributed by atoms with Gasteiger partial charge in [-0.05, 0) is 31.9 Å². The van der Waals surface area contributed by atoms with Crippen molar-refractivity contribution < 1.29 is 17.9 Å². The minimum absolute atomic E-state index is 0.112. The van der Waals surface area contributed by atoms with E-state index in [-0.39, 0.29) is 21.9 Å². The van der Waals surface area contributed by atoms with Gasteiger partial charge in [0, 0.05) is 19.3 Å². The Morgan fingerprint density at radius 3 is 2.62 bits per heavy atom. The summed E-state index contributed by atoms with van der Waals surface area (Å²) in [6.45, 7) is 2.70. The van der Waals surface area contributed by atoms with Crippen molar-refractivity contribution in [1.82, 2.24) is 9.29 Å². The number of pyridine rings is 1. The number of sulfonamides is 1. The van der Waals surface area contributed by atoms with E-state index in [4.69, 9.17) is 16.3 Å². The number of hydrogen-bond donors (Lipinski definition) is 0. The molecule has 0 atom stereocenters. The van der Waals surface area contributed by atoms with Crippen molar-refractivity contribution in [3.63, 3.8) is 0 Å². The van der Waals surface area contributed by atoms with Crippen molar-refractivity contribution in [2.75, 3.05) is 19.7 Å². The van der Waals surface area contributed by atoms with Crippen molar-refractivity contribution in [2.24, 2.45) is 5.92 Å². The van der Waals surface area contributed by atoms with Gasteiger partial charge in [-0.15, -0.1) is 0 Å². The molecule has 0 saturated carbocycles. The highest BCUT2D eigenvalue weighted by Gasteiger charge is 2.32. The zero-order chi connectivity index (χ0) is 15.5. The number of piperidine rings is 1. The number of carbonyl (C=O) groups excluding carboxylic acids is 1.